The molecule has 0 aliphatic carbocycles. The van der Waals surface area contributed by atoms with E-state index in [0.29, 0.717) is 0 Å². The summed E-state index contributed by atoms with van der Waals surface area (Å²) in [6, 6.07) is 83.1. The summed E-state index contributed by atoms with van der Waals surface area (Å²) in [5, 5.41) is 2.46. The normalized spacial score (nSPS) is 11.2. The fourth-order valence-corrected chi connectivity index (χ4v) is 8.33. The van der Waals surface area contributed by atoms with Crippen molar-refractivity contribution in [3.05, 3.63) is 231 Å². The molecule has 9 aromatic carbocycles. The molecule has 0 aliphatic heterocycles. The third-order valence-electron chi connectivity index (χ3n) is 10.8. The molecule has 10 rings (SSSR count). The minimum absolute atomic E-state index is 1.08. The quantitative estimate of drug-likeness (QED) is 0.152. The maximum atomic E-state index is 2.47. The van der Waals surface area contributed by atoms with Crippen molar-refractivity contribution >= 4 is 38.9 Å². The number of aromatic nitrogens is 1. The fraction of sp³-hybridized carbons (Fsp3) is 0. The zero-order valence-corrected chi connectivity index (χ0v) is 30.8. The molecule has 0 spiro atoms. The first-order valence-electron chi connectivity index (χ1n) is 19.2. The second kappa shape index (κ2) is 14.4. The first-order chi connectivity index (χ1) is 27.8. The Morgan fingerprint density at radius 1 is 0.304 bits per heavy atom. The predicted molar refractivity (Wildman–Crippen MR) is 237 cm³/mol. The number of anilines is 3. The Kier molecular flexibility index (Phi) is 8.55. The van der Waals surface area contributed by atoms with Gasteiger partial charge in [-0.2, -0.15) is 0 Å². The summed E-state index contributed by atoms with van der Waals surface area (Å²) in [4.78, 5) is 2.47. The van der Waals surface area contributed by atoms with Gasteiger partial charge >= 0.3 is 0 Å². The summed E-state index contributed by atoms with van der Waals surface area (Å²) in [6.45, 7) is 0. The van der Waals surface area contributed by atoms with Crippen molar-refractivity contribution in [2.45, 2.75) is 0 Å². The van der Waals surface area contributed by atoms with E-state index in [4.69, 9.17) is 0 Å². The third-order valence-corrected chi connectivity index (χ3v) is 10.8. The van der Waals surface area contributed by atoms with E-state index in [1.54, 1.807) is 0 Å². The van der Waals surface area contributed by atoms with E-state index < -0.39 is 0 Å². The SMILES string of the molecule is c1ccc(-c2ccc(N(c3ccccc3-c3ccccc3)c3ccccc3-c3cccc4c3c3ccccc3n4-c3ccccc3)cc2-c2ccccc2)cc1. The Balaban J connectivity index is 1.27. The van der Waals surface area contributed by atoms with Crippen molar-refractivity contribution in [2.75, 3.05) is 4.90 Å². The monoisotopic (exact) mass is 714 g/mol. The van der Waals surface area contributed by atoms with Crippen LogP contribution in [0.25, 0.3) is 72.0 Å². The van der Waals surface area contributed by atoms with Gasteiger partial charge in [0, 0.05) is 33.3 Å². The minimum atomic E-state index is 1.08. The number of benzene rings is 9. The molecule has 2 heteroatoms. The minimum Gasteiger partial charge on any atom is -0.309 e. The van der Waals surface area contributed by atoms with Crippen LogP contribution in [0.4, 0.5) is 17.1 Å². The molecule has 2 nitrogen and oxygen atoms in total. The van der Waals surface area contributed by atoms with Crippen molar-refractivity contribution in [2.24, 2.45) is 0 Å². The lowest BCUT2D eigenvalue weighted by atomic mass is 9.92. The number of hydrogen-bond donors (Lipinski definition) is 0. The average molecular weight is 715 g/mol. The number of hydrogen-bond acceptors (Lipinski definition) is 1. The van der Waals surface area contributed by atoms with Crippen molar-refractivity contribution < 1.29 is 0 Å². The Morgan fingerprint density at radius 3 is 1.46 bits per heavy atom. The molecule has 0 amide bonds. The molecular formula is C54H38N2. The van der Waals surface area contributed by atoms with Crippen LogP contribution < -0.4 is 4.90 Å². The largest absolute Gasteiger partial charge is 0.309 e. The average Bonchev–Trinajstić information content (AvgIpc) is 3.63. The summed E-state index contributed by atoms with van der Waals surface area (Å²) >= 11 is 0. The number of para-hydroxylation sites is 4. The van der Waals surface area contributed by atoms with Gasteiger partial charge < -0.3 is 9.47 Å². The topological polar surface area (TPSA) is 8.17 Å². The molecule has 1 aromatic heterocycles. The highest BCUT2D eigenvalue weighted by Crippen LogP contribution is 2.48. The van der Waals surface area contributed by atoms with Gasteiger partial charge in [0.15, 0.2) is 0 Å². The highest BCUT2D eigenvalue weighted by molar-refractivity contribution is 6.17. The van der Waals surface area contributed by atoms with Crippen molar-refractivity contribution in [3.63, 3.8) is 0 Å². The van der Waals surface area contributed by atoms with Gasteiger partial charge in [0.1, 0.15) is 0 Å². The Bertz CT molecular complexity index is 2950. The Hall–Kier alpha value is -7.42. The maximum Gasteiger partial charge on any atom is 0.0547 e. The highest BCUT2D eigenvalue weighted by atomic mass is 15.1. The number of fused-ring (bicyclic) bond motifs is 3. The van der Waals surface area contributed by atoms with Crippen LogP contribution in [-0.4, -0.2) is 4.57 Å². The van der Waals surface area contributed by atoms with Gasteiger partial charge in [0.2, 0.25) is 0 Å². The zero-order chi connectivity index (χ0) is 37.3. The van der Waals surface area contributed by atoms with E-state index in [-0.39, 0.29) is 0 Å². The van der Waals surface area contributed by atoms with Gasteiger partial charge in [-0.25, -0.2) is 0 Å². The van der Waals surface area contributed by atoms with Crippen LogP contribution in [0.5, 0.6) is 0 Å². The molecule has 0 saturated carbocycles. The van der Waals surface area contributed by atoms with Crippen LogP contribution in [0.3, 0.4) is 0 Å². The molecule has 0 unspecified atom stereocenters. The summed E-state index contributed by atoms with van der Waals surface area (Å²) < 4.78 is 2.40. The smallest absolute Gasteiger partial charge is 0.0547 e. The van der Waals surface area contributed by atoms with Crippen molar-refractivity contribution in [3.8, 4) is 50.2 Å². The molecule has 10 aromatic rings. The second-order valence-corrected chi connectivity index (χ2v) is 14.1. The molecule has 0 aliphatic rings. The third kappa shape index (κ3) is 5.85. The summed E-state index contributed by atoms with van der Waals surface area (Å²) in [5.74, 6) is 0. The van der Waals surface area contributed by atoms with Gasteiger partial charge in [0.05, 0.1) is 22.4 Å². The lowest BCUT2D eigenvalue weighted by Crippen LogP contribution is -2.13. The van der Waals surface area contributed by atoms with E-state index in [2.05, 4.69) is 240 Å². The Labute approximate surface area is 327 Å². The van der Waals surface area contributed by atoms with Crippen molar-refractivity contribution in [1.82, 2.24) is 4.57 Å². The maximum absolute atomic E-state index is 2.47. The second-order valence-electron chi connectivity index (χ2n) is 14.1. The molecule has 56 heavy (non-hydrogen) atoms. The molecule has 0 radical (unpaired) electrons. The predicted octanol–water partition coefficient (Wildman–Crippen LogP) is 14.9. The van der Waals surface area contributed by atoms with E-state index in [1.165, 1.54) is 55.2 Å². The molecule has 0 fully saturated rings. The molecule has 0 atom stereocenters. The number of nitrogens with zero attached hydrogens (tertiary/aromatic N) is 2. The van der Waals surface area contributed by atoms with E-state index in [9.17, 15) is 0 Å². The van der Waals surface area contributed by atoms with Gasteiger partial charge in [-0.05, 0) is 81.9 Å². The van der Waals surface area contributed by atoms with Gasteiger partial charge in [-0.15, -0.1) is 0 Å². The van der Waals surface area contributed by atoms with Gasteiger partial charge in [-0.1, -0.05) is 182 Å². The Morgan fingerprint density at radius 2 is 0.786 bits per heavy atom. The highest BCUT2D eigenvalue weighted by Gasteiger charge is 2.24. The lowest BCUT2D eigenvalue weighted by Gasteiger charge is -2.31. The van der Waals surface area contributed by atoms with Crippen molar-refractivity contribution in [1.29, 1.82) is 0 Å². The van der Waals surface area contributed by atoms with E-state index in [0.717, 1.165) is 33.9 Å². The van der Waals surface area contributed by atoms with Gasteiger partial charge in [-0.3, -0.25) is 0 Å². The van der Waals surface area contributed by atoms with Crippen LogP contribution in [-0.2, 0) is 0 Å². The first-order valence-corrected chi connectivity index (χ1v) is 19.2. The van der Waals surface area contributed by atoms with E-state index in [1.807, 2.05) is 0 Å². The molecule has 264 valence electrons. The molecule has 0 N–H and O–H groups in total. The van der Waals surface area contributed by atoms with Crippen LogP contribution in [0.2, 0.25) is 0 Å². The first kappa shape index (κ1) is 33.2. The molecule has 0 saturated heterocycles. The van der Waals surface area contributed by atoms with E-state index >= 15 is 0 Å². The van der Waals surface area contributed by atoms with Crippen LogP contribution >= 0.6 is 0 Å². The van der Waals surface area contributed by atoms with Crippen LogP contribution in [0.1, 0.15) is 0 Å². The van der Waals surface area contributed by atoms with Gasteiger partial charge in [0.25, 0.3) is 0 Å². The van der Waals surface area contributed by atoms with Crippen LogP contribution in [0.15, 0.2) is 231 Å². The molecular weight excluding hydrogens is 677 g/mol. The molecule has 1 heterocycles. The standard InChI is InChI=1S/C54H38N2/c1-5-20-39(21-6-1)44-37-36-43(38-49(44)41-24-9-3-10-25-41)56(50-32-16-13-28-45(50)40-22-7-2-8-23-40)51-33-17-14-29-46(51)47-31-19-35-53-54(47)48-30-15-18-34-52(48)55(53)42-26-11-4-12-27-42/h1-38H. The fourth-order valence-electron chi connectivity index (χ4n) is 8.33. The molecule has 0 bridgehead atoms. The number of rotatable bonds is 8. The summed E-state index contributed by atoms with van der Waals surface area (Å²) in [6.07, 6.45) is 0. The zero-order valence-electron chi connectivity index (χ0n) is 30.8. The van der Waals surface area contributed by atoms with Crippen LogP contribution in [0, 0.1) is 0 Å². The summed E-state index contributed by atoms with van der Waals surface area (Å²) in [7, 11) is 0. The summed E-state index contributed by atoms with van der Waals surface area (Å²) in [5.41, 5.74) is 16.2. The lowest BCUT2D eigenvalue weighted by molar-refractivity contribution is 1.18.